The second-order valence-corrected chi connectivity index (χ2v) is 2.91. The number of aliphatic carboxylic acids is 1. The molecule has 1 amide bonds. The highest BCUT2D eigenvalue weighted by Crippen LogP contribution is 1.98. The van der Waals surface area contributed by atoms with Gasteiger partial charge in [-0.3, -0.25) is 14.9 Å². The van der Waals surface area contributed by atoms with Crippen molar-refractivity contribution >= 4 is 11.9 Å². The molecular formula is C8H13N3O3. The van der Waals surface area contributed by atoms with Gasteiger partial charge in [-0.05, 0) is 13.3 Å². The number of carboxylic acids is 1. The molecule has 0 bridgehead atoms. The van der Waals surface area contributed by atoms with Crippen LogP contribution in [0.3, 0.4) is 0 Å². The minimum Gasteiger partial charge on any atom is -0.480 e. The lowest BCUT2D eigenvalue weighted by Crippen LogP contribution is -2.42. The van der Waals surface area contributed by atoms with Crippen LogP contribution in [-0.4, -0.2) is 29.1 Å². The number of primary amides is 1. The largest absolute Gasteiger partial charge is 0.480 e. The first-order valence-corrected chi connectivity index (χ1v) is 4.14. The second kappa shape index (κ2) is 5.94. The lowest BCUT2D eigenvalue weighted by atomic mass is 10.1. The summed E-state index contributed by atoms with van der Waals surface area (Å²) < 4.78 is 0. The number of nitriles is 1. The fourth-order valence-corrected chi connectivity index (χ4v) is 0.904. The maximum Gasteiger partial charge on any atom is 0.320 e. The smallest absolute Gasteiger partial charge is 0.320 e. The number of nitrogens with two attached hydrogens (primary N) is 1. The number of hydrogen-bond donors (Lipinski definition) is 3. The van der Waals surface area contributed by atoms with Crippen LogP contribution in [0.25, 0.3) is 0 Å². The lowest BCUT2D eigenvalue weighted by molar-refractivity contribution is -0.139. The van der Waals surface area contributed by atoms with Gasteiger partial charge in [0.15, 0.2) is 0 Å². The zero-order valence-electron chi connectivity index (χ0n) is 7.86. The van der Waals surface area contributed by atoms with E-state index in [0.717, 1.165) is 0 Å². The van der Waals surface area contributed by atoms with Gasteiger partial charge in [0.1, 0.15) is 6.04 Å². The van der Waals surface area contributed by atoms with E-state index in [2.05, 4.69) is 5.32 Å². The summed E-state index contributed by atoms with van der Waals surface area (Å²) in [6, 6.07) is 0.376. The summed E-state index contributed by atoms with van der Waals surface area (Å²) in [5, 5.41) is 19.7. The first-order valence-electron chi connectivity index (χ1n) is 4.14. The third-order valence-corrected chi connectivity index (χ3v) is 1.62. The van der Waals surface area contributed by atoms with Crippen LogP contribution >= 0.6 is 0 Å². The molecule has 0 heterocycles. The van der Waals surface area contributed by atoms with Gasteiger partial charge in [0.2, 0.25) is 5.91 Å². The average molecular weight is 199 g/mol. The Labute approximate surface area is 81.7 Å². The molecule has 0 fully saturated rings. The summed E-state index contributed by atoms with van der Waals surface area (Å²) in [7, 11) is 0. The van der Waals surface area contributed by atoms with Crippen molar-refractivity contribution in [3.05, 3.63) is 0 Å². The SMILES string of the molecule is CC(C#N)N[C@@H](CCC(N)=O)C(=O)O. The molecule has 6 heteroatoms. The van der Waals surface area contributed by atoms with Crippen LogP contribution in [-0.2, 0) is 9.59 Å². The molecule has 1 unspecified atom stereocenters. The van der Waals surface area contributed by atoms with E-state index in [4.69, 9.17) is 16.1 Å². The standard InChI is InChI=1S/C8H13N3O3/c1-5(4-9)11-6(8(13)14)2-3-7(10)12/h5-6,11H,2-3H2,1H3,(H2,10,12)(H,13,14)/t5?,6-/m0/s1. The van der Waals surface area contributed by atoms with Crippen LogP contribution in [0.2, 0.25) is 0 Å². The summed E-state index contributed by atoms with van der Waals surface area (Å²) in [6.45, 7) is 1.54. The van der Waals surface area contributed by atoms with E-state index in [1.807, 2.05) is 6.07 Å². The predicted molar refractivity (Wildman–Crippen MR) is 48.1 cm³/mol. The summed E-state index contributed by atoms with van der Waals surface area (Å²) in [6.07, 6.45) is 0.0821. The van der Waals surface area contributed by atoms with Gasteiger partial charge in [0.05, 0.1) is 12.1 Å². The van der Waals surface area contributed by atoms with Crippen LogP contribution < -0.4 is 11.1 Å². The van der Waals surface area contributed by atoms with Crippen molar-refractivity contribution in [2.24, 2.45) is 5.73 Å². The number of carbonyl (C=O) groups is 2. The molecular weight excluding hydrogens is 186 g/mol. The normalized spacial score (nSPS) is 14.0. The Morgan fingerprint density at radius 3 is 2.57 bits per heavy atom. The molecule has 0 radical (unpaired) electrons. The van der Waals surface area contributed by atoms with Gasteiger partial charge < -0.3 is 10.8 Å². The number of amides is 1. The fourth-order valence-electron chi connectivity index (χ4n) is 0.904. The van der Waals surface area contributed by atoms with E-state index < -0.39 is 24.0 Å². The van der Waals surface area contributed by atoms with Crippen molar-refractivity contribution in [2.75, 3.05) is 0 Å². The molecule has 0 saturated carbocycles. The Bertz CT molecular complexity index is 259. The first-order chi connectivity index (χ1) is 6.47. The van der Waals surface area contributed by atoms with Crippen LogP contribution in [0.4, 0.5) is 0 Å². The summed E-state index contributed by atoms with van der Waals surface area (Å²) >= 11 is 0. The molecule has 0 spiro atoms. The van der Waals surface area contributed by atoms with E-state index >= 15 is 0 Å². The maximum absolute atomic E-state index is 10.6. The molecule has 0 rings (SSSR count). The fraction of sp³-hybridized carbons (Fsp3) is 0.625. The van der Waals surface area contributed by atoms with Crippen molar-refractivity contribution < 1.29 is 14.7 Å². The van der Waals surface area contributed by atoms with Gasteiger partial charge in [-0.2, -0.15) is 5.26 Å². The van der Waals surface area contributed by atoms with Crippen LogP contribution in [0.15, 0.2) is 0 Å². The topological polar surface area (TPSA) is 116 Å². The molecule has 6 nitrogen and oxygen atoms in total. The lowest BCUT2D eigenvalue weighted by Gasteiger charge is -2.14. The number of carboxylic acid groups (broad SMARTS) is 1. The Hall–Kier alpha value is -1.61. The molecule has 0 aliphatic carbocycles. The highest BCUT2D eigenvalue weighted by atomic mass is 16.4. The minimum absolute atomic E-state index is 0.0118. The molecule has 0 saturated heterocycles. The number of hydrogen-bond acceptors (Lipinski definition) is 4. The van der Waals surface area contributed by atoms with Gasteiger partial charge in [-0.1, -0.05) is 0 Å². The van der Waals surface area contributed by atoms with E-state index in [-0.39, 0.29) is 12.8 Å². The summed E-state index contributed by atoms with van der Waals surface area (Å²) in [5.74, 6) is -1.64. The molecule has 2 atom stereocenters. The van der Waals surface area contributed by atoms with Crippen LogP contribution in [0.5, 0.6) is 0 Å². The average Bonchev–Trinajstić information content (AvgIpc) is 2.10. The van der Waals surface area contributed by atoms with Gasteiger partial charge in [0.25, 0.3) is 0 Å². The number of nitrogens with zero attached hydrogens (tertiary/aromatic N) is 1. The Balaban J connectivity index is 4.11. The molecule has 0 aromatic heterocycles. The van der Waals surface area contributed by atoms with Crippen molar-refractivity contribution in [3.8, 4) is 6.07 Å². The minimum atomic E-state index is -1.09. The van der Waals surface area contributed by atoms with E-state index in [1.54, 1.807) is 6.92 Å². The highest BCUT2D eigenvalue weighted by molar-refractivity contribution is 5.77. The van der Waals surface area contributed by atoms with Crippen LogP contribution in [0, 0.1) is 11.3 Å². The van der Waals surface area contributed by atoms with Gasteiger partial charge in [0, 0.05) is 6.42 Å². The quantitative estimate of drug-likeness (QED) is 0.518. The van der Waals surface area contributed by atoms with E-state index in [9.17, 15) is 9.59 Å². The molecule has 14 heavy (non-hydrogen) atoms. The molecule has 0 aliphatic rings. The third kappa shape index (κ3) is 5.11. The first kappa shape index (κ1) is 12.4. The van der Waals surface area contributed by atoms with E-state index in [0.29, 0.717) is 0 Å². The van der Waals surface area contributed by atoms with Crippen molar-refractivity contribution in [3.63, 3.8) is 0 Å². The molecule has 78 valence electrons. The highest BCUT2D eigenvalue weighted by Gasteiger charge is 2.19. The monoisotopic (exact) mass is 199 g/mol. The third-order valence-electron chi connectivity index (χ3n) is 1.62. The van der Waals surface area contributed by atoms with Gasteiger partial charge >= 0.3 is 5.97 Å². The predicted octanol–water partition coefficient (Wildman–Crippen LogP) is -0.793. The second-order valence-electron chi connectivity index (χ2n) is 2.91. The molecule has 0 aromatic rings. The number of nitrogens with one attached hydrogen (secondary N) is 1. The van der Waals surface area contributed by atoms with E-state index in [1.165, 1.54) is 0 Å². The molecule has 0 aliphatic heterocycles. The Kier molecular flexibility index (Phi) is 5.26. The van der Waals surface area contributed by atoms with Crippen molar-refractivity contribution in [1.82, 2.24) is 5.32 Å². The molecule has 4 N–H and O–H groups in total. The maximum atomic E-state index is 10.6. The van der Waals surface area contributed by atoms with Crippen molar-refractivity contribution in [1.29, 1.82) is 5.26 Å². The number of carbonyl (C=O) groups excluding carboxylic acids is 1. The Morgan fingerprint density at radius 1 is 1.64 bits per heavy atom. The number of rotatable bonds is 6. The zero-order valence-corrected chi connectivity index (χ0v) is 7.86. The summed E-state index contributed by atoms with van der Waals surface area (Å²) in [4.78, 5) is 21.1. The Morgan fingerprint density at radius 2 is 2.21 bits per heavy atom. The van der Waals surface area contributed by atoms with Gasteiger partial charge in [-0.15, -0.1) is 0 Å². The zero-order chi connectivity index (χ0) is 11.1. The van der Waals surface area contributed by atoms with Crippen LogP contribution in [0.1, 0.15) is 19.8 Å². The summed E-state index contributed by atoms with van der Waals surface area (Å²) in [5.41, 5.74) is 4.88. The molecule has 0 aromatic carbocycles. The van der Waals surface area contributed by atoms with Crippen molar-refractivity contribution in [2.45, 2.75) is 31.8 Å². The van der Waals surface area contributed by atoms with Gasteiger partial charge in [-0.25, -0.2) is 0 Å².